The van der Waals surface area contributed by atoms with Gasteiger partial charge in [-0.15, -0.1) is 0 Å². The number of aromatic nitrogens is 2. The molecule has 0 aliphatic heterocycles. The van der Waals surface area contributed by atoms with Crippen LogP contribution < -0.4 is 0 Å². The van der Waals surface area contributed by atoms with E-state index in [1.165, 1.54) is 42.3 Å². The van der Waals surface area contributed by atoms with Gasteiger partial charge in [0.2, 0.25) is 0 Å². The Bertz CT molecular complexity index is 662. The minimum atomic E-state index is -0.0188. The van der Waals surface area contributed by atoms with E-state index in [-0.39, 0.29) is 10.8 Å². The standard InChI is InChI=1S/C20H34N2O/c1-9-10-11-12-13-14-15-16(22(8)21-14)18(20(5,6)7)23-17(15)19(2,3)4/h9-13H2,1-8H3. The molecule has 2 rings (SSSR count). The fourth-order valence-electron chi connectivity index (χ4n) is 3.21. The lowest BCUT2D eigenvalue weighted by molar-refractivity contribution is 0.346. The minimum Gasteiger partial charge on any atom is -0.462 e. The van der Waals surface area contributed by atoms with Gasteiger partial charge in [-0.1, -0.05) is 67.7 Å². The van der Waals surface area contributed by atoms with Gasteiger partial charge in [-0.2, -0.15) is 5.10 Å². The Morgan fingerprint density at radius 3 is 2.04 bits per heavy atom. The van der Waals surface area contributed by atoms with Crippen molar-refractivity contribution < 1.29 is 4.42 Å². The first-order chi connectivity index (χ1) is 10.6. The molecule has 0 amide bonds. The number of aryl methyl sites for hydroxylation is 2. The quantitative estimate of drug-likeness (QED) is 0.644. The van der Waals surface area contributed by atoms with Gasteiger partial charge in [-0.05, 0) is 12.8 Å². The van der Waals surface area contributed by atoms with Crippen LogP contribution in [0.15, 0.2) is 4.42 Å². The van der Waals surface area contributed by atoms with Crippen LogP contribution in [-0.2, 0) is 24.3 Å². The highest BCUT2D eigenvalue weighted by atomic mass is 16.3. The third-order valence-electron chi connectivity index (χ3n) is 4.40. The highest BCUT2D eigenvalue weighted by Crippen LogP contribution is 2.41. The number of rotatable bonds is 5. The summed E-state index contributed by atoms with van der Waals surface area (Å²) in [5.74, 6) is 2.16. The highest BCUT2D eigenvalue weighted by Gasteiger charge is 2.33. The lowest BCUT2D eigenvalue weighted by Crippen LogP contribution is -2.13. The maximum Gasteiger partial charge on any atom is 0.135 e. The summed E-state index contributed by atoms with van der Waals surface area (Å²) in [4.78, 5) is 0. The van der Waals surface area contributed by atoms with E-state index in [0.29, 0.717) is 0 Å². The summed E-state index contributed by atoms with van der Waals surface area (Å²) >= 11 is 0. The highest BCUT2D eigenvalue weighted by molar-refractivity contribution is 5.88. The first-order valence-corrected chi connectivity index (χ1v) is 9.06. The molecule has 0 bridgehead atoms. The maximum atomic E-state index is 6.42. The van der Waals surface area contributed by atoms with Gasteiger partial charge in [0.15, 0.2) is 0 Å². The summed E-state index contributed by atoms with van der Waals surface area (Å²) in [5.41, 5.74) is 2.37. The van der Waals surface area contributed by atoms with Crippen molar-refractivity contribution in [1.82, 2.24) is 9.78 Å². The van der Waals surface area contributed by atoms with Gasteiger partial charge in [0, 0.05) is 17.9 Å². The first-order valence-electron chi connectivity index (χ1n) is 9.06. The van der Waals surface area contributed by atoms with Crippen molar-refractivity contribution in [2.75, 3.05) is 0 Å². The number of hydrogen-bond acceptors (Lipinski definition) is 2. The zero-order chi connectivity index (χ0) is 17.4. The van der Waals surface area contributed by atoms with Gasteiger partial charge in [0.05, 0.1) is 11.1 Å². The molecule has 0 aromatic carbocycles. The zero-order valence-corrected chi connectivity index (χ0v) is 16.3. The molecule has 130 valence electrons. The monoisotopic (exact) mass is 318 g/mol. The number of furan rings is 1. The van der Waals surface area contributed by atoms with Crippen LogP contribution in [0.3, 0.4) is 0 Å². The van der Waals surface area contributed by atoms with Crippen LogP contribution in [0.1, 0.15) is 91.4 Å². The molecule has 2 heterocycles. The van der Waals surface area contributed by atoms with Gasteiger partial charge in [0.25, 0.3) is 0 Å². The van der Waals surface area contributed by atoms with Gasteiger partial charge in [-0.25, -0.2) is 0 Å². The molecule has 0 fully saturated rings. The molecule has 0 spiro atoms. The fourth-order valence-corrected chi connectivity index (χ4v) is 3.21. The summed E-state index contributed by atoms with van der Waals surface area (Å²) in [7, 11) is 2.05. The molecular weight excluding hydrogens is 284 g/mol. The maximum absolute atomic E-state index is 6.42. The van der Waals surface area contributed by atoms with E-state index in [1.54, 1.807) is 0 Å². The number of hydrogen-bond donors (Lipinski definition) is 0. The number of unbranched alkanes of at least 4 members (excludes halogenated alkanes) is 3. The second-order valence-corrected chi connectivity index (χ2v) is 8.86. The average molecular weight is 319 g/mol. The Labute approximate surface area is 141 Å². The third-order valence-corrected chi connectivity index (χ3v) is 4.40. The molecule has 23 heavy (non-hydrogen) atoms. The smallest absolute Gasteiger partial charge is 0.135 e. The summed E-state index contributed by atoms with van der Waals surface area (Å²) < 4.78 is 8.45. The zero-order valence-electron chi connectivity index (χ0n) is 16.3. The van der Waals surface area contributed by atoms with Crippen molar-refractivity contribution in [3.8, 4) is 0 Å². The Morgan fingerprint density at radius 2 is 1.52 bits per heavy atom. The predicted molar refractivity (Wildman–Crippen MR) is 98.2 cm³/mol. The summed E-state index contributed by atoms with van der Waals surface area (Å²) in [6.45, 7) is 15.6. The molecular formula is C20H34N2O. The van der Waals surface area contributed by atoms with Crippen molar-refractivity contribution in [2.24, 2.45) is 7.05 Å². The fraction of sp³-hybridized carbons (Fsp3) is 0.750. The van der Waals surface area contributed by atoms with E-state index in [9.17, 15) is 0 Å². The Balaban J connectivity index is 2.55. The molecule has 0 saturated heterocycles. The van der Waals surface area contributed by atoms with Gasteiger partial charge in [0.1, 0.15) is 17.0 Å². The summed E-state index contributed by atoms with van der Waals surface area (Å²) in [6, 6.07) is 0. The van der Waals surface area contributed by atoms with Gasteiger partial charge < -0.3 is 4.42 Å². The van der Waals surface area contributed by atoms with Crippen LogP contribution in [-0.4, -0.2) is 9.78 Å². The summed E-state index contributed by atoms with van der Waals surface area (Å²) in [5, 5.41) is 6.12. The molecule has 3 nitrogen and oxygen atoms in total. The summed E-state index contributed by atoms with van der Waals surface area (Å²) in [6.07, 6.45) is 6.11. The molecule has 3 heteroatoms. The Morgan fingerprint density at radius 1 is 0.913 bits per heavy atom. The van der Waals surface area contributed by atoms with Gasteiger partial charge >= 0.3 is 0 Å². The minimum absolute atomic E-state index is 0.0110. The Kier molecular flexibility index (Phi) is 4.98. The van der Waals surface area contributed by atoms with Gasteiger partial charge in [-0.3, -0.25) is 4.68 Å². The Hall–Kier alpha value is -1.25. The lowest BCUT2D eigenvalue weighted by atomic mass is 9.89. The second-order valence-electron chi connectivity index (χ2n) is 8.86. The first kappa shape index (κ1) is 18.1. The number of nitrogens with zero attached hydrogens (tertiary/aromatic N) is 2. The molecule has 0 radical (unpaired) electrons. The van der Waals surface area contributed by atoms with Crippen molar-refractivity contribution in [3.63, 3.8) is 0 Å². The molecule has 0 aliphatic rings. The molecule has 2 aromatic rings. The van der Waals surface area contributed by atoms with E-state index in [0.717, 1.165) is 17.9 Å². The van der Waals surface area contributed by atoms with Crippen molar-refractivity contribution >= 4 is 10.9 Å². The van der Waals surface area contributed by atoms with Crippen molar-refractivity contribution in [3.05, 3.63) is 17.2 Å². The van der Waals surface area contributed by atoms with Crippen LogP contribution in [0.4, 0.5) is 0 Å². The van der Waals surface area contributed by atoms with Crippen molar-refractivity contribution in [1.29, 1.82) is 0 Å². The normalized spacial score (nSPS) is 13.2. The van der Waals surface area contributed by atoms with E-state index in [2.05, 4.69) is 55.5 Å². The SMILES string of the molecule is CCCCCCc1nn(C)c2c(C(C)(C)C)oc(C(C)(C)C)c12. The molecule has 0 aliphatic carbocycles. The largest absolute Gasteiger partial charge is 0.462 e. The number of fused-ring (bicyclic) bond motifs is 1. The van der Waals surface area contributed by atoms with E-state index in [1.807, 2.05) is 4.68 Å². The van der Waals surface area contributed by atoms with Crippen LogP contribution in [0, 0.1) is 0 Å². The lowest BCUT2D eigenvalue weighted by Gasteiger charge is -2.18. The van der Waals surface area contributed by atoms with Crippen molar-refractivity contribution in [2.45, 2.75) is 91.4 Å². The molecule has 0 unspecified atom stereocenters. The molecule has 2 aromatic heterocycles. The topological polar surface area (TPSA) is 31.0 Å². The predicted octanol–water partition coefficient (Wildman–Crippen LogP) is 5.88. The van der Waals surface area contributed by atoms with Crippen LogP contribution in [0.25, 0.3) is 10.9 Å². The molecule has 0 N–H and O–H groups in total. The molecule has 0 atom stereocenters. The van der Waals surface area contributed by atoms with E-state index in [4.69, 9.17) is 9.52 Å². The molecule has 0 saturated carbocycles. The van der Waals surface area contributed by atoms with E-state index < -0.39 is 0 Å². The van der Waals surface area contributed by atoms with E-state index >= 15 is 0 Å². The van der Waals surface area contributed by atoms with Crippen LogP contribution >= 0.6 is 0 Å². The van der Waals surface area contributed by atoms with Crippen LogP contribution in [0.5, 0.6) is 0 Å². The average Bonchev–Trinajstić information content (AvgIpc) is 2.93. The third kappa shape index (κ3) is 3.64. The van der Waals surface area contributed by atoms with Crippen LogP contribution in [0.2, 0.25) is 0 Å². The second kappa shape index (κ2) is 6.33.